The SMILES string of the molecule is CCC1=Nc2ccc(S(=O)(=O)O)cc2S1=NN=S1C(CC)=Nc2ccc(S(=O)(=O)O)cc21. The fourth-order valence-electron chi connectivity index (χ4n) is 3.09. The molecule has 2 aliphatic rings. The van der Waals surface area contributed by atoms with Crippen LogP contribution in [0.1, 0.15) is 26.7 Å². The summed E-state index contributed by atoms with van der Waals surface area (Å²) in [5, 5.41) is 1.42. The minimum absolute atomic E-state index is 0.251. The van der Waals surface area contributed by atoms with E-state index < -0.39 is 41.6 Å². The number of benzene rings is 2. The minimum atomic E-state index is -4.39. The fourth-order valence-corrected chi connectivity index (χ4v) is 7.68. The van der Waals surface area contributed by atoms with Crippen molar-refractivity contribution in [2.45, 2.75) is 46.3 Å². The highest BCUT2D eigenvalue weighted by Gasteiger charge is 2.26. The van der Waals surface area contributed by atoms with Gasteiger partial charge in [0.1, 0.15) is 0 Å². The van der Waals surface area contributed by atoms with E-state index in [0.29, 0.717) is 44.1 Å². The molecule has 32 heavy (non-hydrogen) atoms. The molecule has 0 radical (unpaired) electrons. The summed E-state index contributed by atoms with van der Waals surface area (Å²) in [6.45, 7) is 3.79. The summed E-state index contributed by atoms with van der Waals surface area (Å²) in [6.07, 6.45) is 1.12. The van der Waals surface area contributed by atoms with E-state index in [-0.39, 0.29) is 9.79 Å². The third-order valence-corrected chi connectivity index (χ3v) is 10.0. The van der Waals surface area contributed by atoms with Crippen LogP contribution in [0.3, 0.4) is 0 Å². The van der Waals surface area contributed by atoms with Gasteiger partial charge in [-0.25, -0.2) is 9.98 Å². The monoisotopic (exact) mass is 514 g/mol. The quantitative estimate of drug-likeness (QED) is 0.453. The molecule has 2 atom stereocenters. The van der Waals surface area contributed by atoms with E-state index in [0.717, 1.165) is 0 Å². The van der Waals surface area contributed by atoms with Crippen molar-refractivity contribution in [2.24, 2.45) is 18.9 Å². The molecule has 14 heteroatoms. The van der Waals surface area contributed by atoms with E-state index in [1.54, 1.807) is 0 Å². The van der Waals surface area contributed by atoms with Crippen LogP contribution in [0.2, 0.25) is 0 Å². The van der Waals surface area contributed by atoms with Gasteiger partial charge in [-0.1, -0.05) is 13.8 Å². The van der Waals surface area contributed by atoms with E-state index in [1.165, 1.54) is 36.4 Å². The Morgan fingerprint density at radius 2 is 1.12 bits per heavy atom. The Morgan fingerprint density at radius 3 is 1.44 bits per heavy atom. The first-order valence-electron chi connectivity index (χ1n) is 9.31. The Labute approximate surface area is 190 Å². The molecule has 0 bridgehead atoms. The Kier molecular flexibility index (Phi) is 6.02. The Hall–Kier alpha value is -2.10. The first-order valence-corrected chi connectivity index (χ1v) is 14.6. The molecule has 2 aromatic rings. The molecule has 0 spiro atoms. The molecule has 0 saturated carbocycles. The molecule has 2 heterocycles. The van der Waals surface area contributed by atoms with Crippen LogP contribution in [0, 0.1) is 0 Å². The van der Waals surface area contributed by atoms with Crippen LogP contribution in [0.15, 0.2) is 74.9 Å². The average Bonchev–Trinajstić information content (AvgIpc) is 3.27. The van der Waals surface area contributed by atoms with Crippen molar-refractivity contribution in [2.75, 3.05) is 0 Å². The maximum atomic E-state index is 11.6. The zero-order valence-electron chi connectivity index (χ0n) is 16.8. The lowest BCUT2D eigenvalue weighted by Crippen LogP contribution is -2.05. The maximum absolute atomic E-state index is 11.6. The average molecular weight is 515 g/mol. The summed E-state index contributed by atoms with van der Waals surface area (Å²) in [5.41, 5.74) is 1.12. The van der Waals surface area contributed by atoms with Crippen molar-refractivity contribution in [3.8, 4) is 0 Å². The highest BCUT2D eigenvalue weighted by Crippen LogP contribution is 2.37. The molecule has 0 saturated heterocycles. The van der Waals surface area contributed by atoms with Gasteiger partial charge in [-0.15, -0.1) is 8.94 Å². The third-order valence-electron chi connectivity index (χ3n) is 4.61. The van der Waals surface area contributed by atoms with Gasteiger partial charge in [-0.05, 0) is 49.2 Å². The van der Waals surface area contributed by atoms with Gasteiger partial charge in [0, 0.05) is 21.4 Å². The number of rotatable bonds is 5. The molecule has 0 aromatic heterocycles. The van der Waals surface area contributed by atoms with Crippen LogP contribution in [-0.4, -0.2) is 36.0 Å². The molecule has 170 valence electrons. The first kappa shape index (κ1) is 23.1. The van der Waals surface area contributed by atoms with E-state index in [4.69, 9.17) is 0 Å². The van der Waals surface area contributed by atoms with Gasteiger partial charge in [0.05, 0.1) is 41.0 Å². The maximum Gasteiger partial charge on any atom is 0.294 e. The second-order valence-electron chi connectivity index (χ2n) is 6.66. The van der Waals surface area contributed by atoms with Crippen molar-refractivity contribution < 1.29 is 25.9 Å². The minimum Gasteiger partial charge on any atom is -0.282 e. The Bertz CT molecular complexity index is 1380. The standard InChI is InChI=1S/C18H18N4O6S4/c1-3-17-19-13-7-5-11(31(23,24)25)9-15(13)29(17)21-22-30-16-10-12(32(26,27)28)6-8-14(16)20-18(30)4-2/h5-10H,3-4H2,1-2H3,(H,23,24,25)(H,26,27,28). The molecule has 0 amide bonds. The van der Waals surface area contributed by atoms with E-state index in [2.05, 4.69) is 18.9 Å². The molecule has 2 aromatic carbocycles. The van der Waals surface area contributed by atoms with Gasteiger partial charge in [0.15, 0.2) is 0 Å². The van der Waals surface area contributed by atoms with E-state index in [1.807, 2.05) is 13.8 Å². The van der Waals surface area contributed by atoms with E-state index in [9.17, 15) is 25.9 Å². The van der Waals surface area contributed by atoms with Crippen molar-refractivity contribution >= 4 is 63.1 Å². The summed E-state index contributed by atoms with van der Waals surface area (Å²) < 4.78 is 74.0. The molecular formula is C18H18N4O6S4. The van der Waals surface area contributed by atoms with Crippen molar-refractivity contribution in [1.29, 1.82) is 0 Å². The van der Waals surface area contributed by atoms with Gasteiger partial charge in [0.2, 0.25) is 0 Å². The second-order valence-corrected chi connectivity index (χ2v) is 12.8. The lowest BCUT2D eigenvalue weighted by molar-refractivity contribution is 0.480. The zero-order valence-corrected chi connectivity index (χ0v) is 20.1. The van der Waals surface area contributed by atoms with Gasteiger partial charge < -0.3 is 0 Å². The normalized spacial score (nSPS) is 20.2. The van der Waals surface area contributed by atoms with Gasteiger partial charge in [-0.3, -0.25) is 9.11 Å². The van der Waals surface area contributed by atoms with Crippen LogP contribution < -0.4 is 0 Å². The molecule has 2 aliphatic heterocycles. The van der Waals surface area contributed by atoms with Crippen LogP contribution in [0.5, 0.6) is 0 Å². The molecule has 0 aliphatic carbocycles. The van der Waals surface area contributed by atoms with Crippen molar-refractivity contribution in [1.82, 2.24) is 0 Å². The topological polar surface area (TPSA) is 158 Å². The lowest BCUT2D eigenvalue weighted by Gasteiger charge is -2.06. The largest absolute Gasteiger partial charge is 0.294 e. The number of hydrogen-bond acceptors (Lipinski definition) is 6. The van der Waals surface area contributed by atoms with Crippen LogP contribution >= 0.6 is 0 Å². The molecule has 4 rings (SSSR count). The van der Waals surface area contributed by atoms with Gasteiger partial charge in [-0.2, -0.15) is 16.8 Å². The number of aliphatic imine (C=N–C) groups is 2. The highest BCUT2D eigenvalue weighted by molar-refractivity contribution is 8.04. The molecule has 2 N–H and O–H groups in total. The highest BCUT2D eigenvalue weighted by atomic mass is 32.2. The van der Waals surface area contributed by atoms with Crippen LogP contribution in [0.25, 0.3) is 0 Å². The first-order chi connectivity index (χ1) is 15.0. The Balaban J connectivity index is 1.86. The van der Waals surface area contributed by atoms with Gasteiger partial charge in [0.25, 0.3) is 20.2 Å². The molecule has 2 unspecified atom stereocenters. The number of nitrogens with zero attached hydrogens (tertiary/aromatic N) is 4. The number of fused-ring (bicyclic) bond motifs is 2. The van der Waals surface area contributed by atoms with Crippen molar-refractivity contribution in [3.05, 3.63) is 36.4 Å². The second kappa shape index (κ2) is 8.35. The van der Waals surface area contributed by atoms with E-state index >= 15 is 0 Å². The summed E-state index contributed by atoms with van der Waals surface area (Å²) in [4.78, 5) is 9.58. The van der Waals surface area contributed by atoms with Crippen molar-refractivity contribution in [3.63, 3.8) is 0 Å². The van der Waals surface area contributed by atoms with Gasteiger partial charge >= 0.3 is 0 Å². The summed E-state index contributed by atoms with van der Waals surface area (Å²) >= 11 is 0. The third kappa shape index (κ3) is 4.25. The number of hydrogen-bond donors (Lipinski definition) is 2. The van der Waals surface area contributed by atoms with Crippen LogP contribution in [0.4, 0.5) is 11.4 Å². The summed E-state index contributed by atoms with van der Waals surface area (Å²) in [5.74, 6) is 0. The Morgan fingerprint density at radius 1 is 0.750 bits per heavy atom. The molecular weight excluding hydrogens is 496 g/mol. The summed E-state index contributed by atoms with van der Waals surface area (Å²) in [7, 11) is -10.7. The summed E-state index contributed by atoms with van der Waals surface area (Å²) in [6, 6.07) is 8.28. The smallest absolute Gasteiger partial charge is 0.282 e. The molecule has 10 nitrogen and oxygen atoms in total. The predicted octanol–water partition coefficient (Wildman–Crippen LogP) is 4.02. The molecule has 0 fully saturated rings. The fraction of sp³-hybridized carbons (Fsp3) is 0.222. The zero-order chi connectivity index (χ0) is 23.3. The lowest BCUT2D eigenvalue weighted by atomic mass is 10.3. The predicted molar refractivity (Wildman–Crippen MR) is 123 cm³/mol. The van der Waals surface area contributed by atoms with Crippen LogP contribution in [-0.2, 0) is 41.6 Å².